The van der Waals surface area contributed by atoms with Crippen LogP contribution < -0.4 is 5.73 Å². The van der Waals surface area contributed by atoms with Gasteiger partial charge in [-0.3, -0.25) is 9.00 Å². The maximum atomic E-state index is 11.4. The summed E-state index contributed by atoms with van der Waals surface area (Å²) in [5, 5.41) is -0.293. The first kappa shape index (κ1) is 9.67. The van der Waals surface area contributed by atoms with E-state index in [4.69, 9.17) is 5.73 Å². The van der Waals surface area contributed by atoms with Crippen molar-refractivity contribution in [1.29, 1.82) is 0 Å². The third kappa shape index (κ3) is 1.84. The zero-order valence-electron chi connectivity index (χ0n) is 7.16. The molecule has 0 radical (unpaired) electrons. The number of nitrogens with zero attached hydrogens (tertiary/aromatic N) is 1. The van der Waals surface area contributed by atoms with Crippen molar-refractivity contribution in [2.24, 2.45) is 5.73 Å². The van der Waals surface area contributed by atoms with E-state index in [1.54, 1.807) is 11.9 Å². The lowest BCUT2D eigenvalue weighted by Gasteiger charge is -2.08. The van der Waals surface area contributed by atoms with E-state index in [9.17, 15) is 9.00 Å². The number of rotatable bonds is 3. The average molecular weight is 190 g/mol. The van der Waals surface area contributed by atoms with Gasteiger partial charge in [-0.05, 0) is 6.42 Å². The number of carbonyl (C=O) groups excluding carboxylic acids is 1. The minimum atomic E-state index is -1.06. The van der Waals surface area contributed by atoms with Crippen LogP contribution in [0.2, 0.25) is 0 Å². The molecule has 12 heavy (non-hydrogen) atoms. The Kier molecular flexibility index (Phi) is 3.22. The van der Waals surface area contributed by atoms with Gasteiger partial charge in [0.2, 0.25) is 5.91 Å². The summed E-state index contributed by atoms with van der Waals surface area (Å²) in [6, 6.07) is 0. The molecule has 0 aliphatic carbocycles. The maximum absolute atomic E-state index is 11.4. The minimum absolute atomic E-state index is 0.00165. The zero-order chi connectivity index (χ0) is 9.14. The molecular formula is C7H14N2O2S. The van der Waals surface area contributed by atoms with Crippen molar-refractivity contribution < 1.29 is 9.00 Å². The van der Waals surface area contributed by atoms with Crippen molar-refractivity contribution in [3.8, 4) is 0 Å². The number of likely N-dealkylation sites (tertiary alicyclic amines) is 1. The fourth-order valence-electron chi connectivity index (χ4n) is 1.29. The molecule has 0 saturated carbocycles. The molecule has 0 aromatic rings. The standard InChI is InChI=1S/C7H14N2O2S/c1-9-4-2-6(7(9)10)12(11)5-3-8/h6H,2-5,8H2,1H3. The molecule has 2 unspecified atom stereocenters. The van der Waals surface area contributed by atoms with Gasteiger partial charge in [-0.2, -0.15) is 0 Å². The molecule has 4 nitrogen and oxygen atoms in total. The van der Waals surface area contributed by atoms with Gasteiger partial charge in [-0.15, -0.1) is 0 Å². The molecule has 0 bridgehead atoms. The molecule has 1 rings (SSSR count). The van der Waals surface area contributed by atoms with Gasteiger partial charge < -0.3 is 10.6 Å². The molecule has 2 atom stereocenters. The summed E-state index contributed by atoms with van der Waals surface area (Å²) < 4.78 is 11.4. The van der Waals surface area contributed by atoms with Gasteiger partial charge in [0, 0.05) is 36.7 Å². The van der Waals surface area contributed by atoms with E-state index in [2.05, 4.69) is 0 Å². The van der Waals surface area contributed by atoms with Gasteiger partial charge >= 0.3 is 0 Å². The Bertz CT molecular complexity index is 208. The van der Waals surface area contributed by atoms with Gasteiger partial charge in [0.25, 0.3) is 0 Å². The van der Waals surface area contributed by atoms with Crippen molar-refractivity contribution in [2.75, 3.05) is 25.9 Å². The summed E-state index contributed by atoms with van der Waals surface area (Å²) in [5.74, 6) is 0.436. The molecule has 1 saturated heterocycles. The topological polar surface area (TPSA) is 63.4 Å². The minimum Gasteiger partial charge on any atom is -0.345 e. The van der Waals surface area contributed by atoms with Crippen molar-refractivity contribution in [3.05, 3.63) is 0 Å². The highest BCUT2D eigenvalue weighted by Gasteiger charge is 2.33. The second kappa shape index (κ2) is 4.00. The summed E-state index contributed by atoms with van der Waals surface area (Å²) in [6.07, 6.45) is 0.710. The molecule has 70 valence electrons. The predicted octanol–water partition coefficient (Wildman–Crippen LogP) is -1.08. The van der Waals surface area contributed by atoms with E-state index in [0.29, 0.717) is 18.7 Å². The Labute approximate surface area is 74.6 Å². The molecule has 0 spiro atoms. The van der Waals surface area contributed by atoms with E-state index in [1.807, 2.05) is 0 Å². The Morgan fingerprint density at radius 3 is 2.83 bits per heavy atom. The van der Waals surface area contributed by atoms with E-state index in [-0.39, 0.29) is 11.2 Å². The van der Waals surface area contributed by atoms with Crippen LogP contribution in [-0.4, -0.2) is 46.2 Å². The van der Waals surface area contributed by atoms with Gasteiger partial charge in [0.15, 0.2) is 0 Å². The van der Waals surface area contributed by atoms with Crippen LogP contribution in [0.4, 0.5) is 0 Å². The first-order chi connectivity index (χ1) is 5.66. The lowest BCUT2D eigenvalue weighted by Crippen LogP contribution is -2.31. The highest BCUT2D eigenvalue weighted by atomic mass is 32.2. The van der Waals surface area contributed by atoms with E-state index in [0.717, 1.165) is 6.54 Å². The Morgan fingerprint density at radius 1 is 1.75 bits per heavy atom. The molecular weight excluding hydrogens is 176 g/mol. The first-order valence-electron chi connectivity index (χ1n) is 3.99. The average Bonchev–Trinajstić information content (AvgIpc) is 2.34. The number of hydrogen-bond donors (Lipinski definition) is 1. The molecule has 5 heteroatoms. The van der Waals surface area contributed by atoms with Gasteiger partial charge in [0.05, 0.1) is 0 Å². The van der Waals surface area contributed by atoms with E-state index < -0.39 is 10.8 Å². The molecule has 0 aromatic carbocycles. The summed E-state index contributed by atoms with van der Waals surface area (Å²) in [7, 11) is 0.676. The van der Waals surface area contributed by atoms with Crippen LogP contribution in [0.3, 0.4) is 0 Å². The van der Waals surface area contributed by atoms with Gasteiger partial charge in [0.1, 0.15) is 5.25 Å². The number of carbonyl (C=O) groups is 1. The van der Waals surface area contributed by atoms with Crippen LogP contribution in [0, 0.1) is 0 Å². The van der Waals surface area contributed by atoms with E-state index >= 15 is 0 Å². The summed E-state index contributed by atoms with van der Waals surface area (Å²) in [5.41, 5.74) is 5.26. The molecule has 2 N–H and O–H groups in total. The zero-order valence-corrected chi connectivity index (χ0v) is 7.97. The SMILES string of the molecule is CN1CCC(S(=O)CCN)C1=O. The van der Waals surface area contributed by atoms with Crippen LogP contribution in [0.15, 0.2) is 0 Å². The lowest BCUT2D eigenvalue weighted by atomic mass is 10.4. The van der Waals surface area contributed by atoms with Crippen LogP contribution in [-0.2, 0) is 15.6 Å². The largest absolute Gasteiger partial charge is 0.345 e. The van der Waals surface area contributed by atoms with Crippen LogP contribution >= 0.6 is 0 Å². The molecule has 1 fully saturated rings. The Morgan fingerprint density at radius 2 is 2.42 bits per heavy atom. The lowest BCUT2D eigenvalue weighted by molar-refractivity contribution is -0.126. The summed E-state index contributed by atoms with van der Waals surface area (Å²) in [4.78, 5) is 12.9. The normalized spacial score (nSPS) is 26.3. The fourth-order valence-corrected chi connectivity index (χ4v) is 2.58. The summed E-state index contributed by atoms with van der Waals surface area (Å²) in [6.45, 7) is 1.11. The molecule has 1 aliphatic heterocycles. The van der Waals surface area contributed by atoms with Gasteiger partial charge in [-0.25, -0.2) is 0 Å². The Balaban J connectivity index is 2.53. The van der Waals surface area contributed by atoms with Crippen LogP contribution in [0.1, 0.15) is 6.42 Å². The second-order valence-electron chi connectivity index (χ2n) is 2.91. The molecule has 1 amide bonds. The number of amides is 1. The molecule has 0 aromatic heterocycles. The van der Waals surface area contributed by atoms with Crippen LogP contribution in [0.5, 0.6) is 0 Å². The van der Waals surface area contributed by atoms with Crippen molar-refractivity contribution in [1.82, 2.24) is 4.90 Å². The number of nitrogens with two attached hydrogens (primary N) is 1. The smallest absolute Gasteiger partial charge is 0.238 e. The third-order valence-electron chi connectivity index (χ3n) is 2.01. The highest BCUT2D eigenvalue weighted by molar-refractivity contribution is 7.86. The quantitative estimate of drug-likeness (QED) is 0.616. The van der Waals surface area contributed by atoms with Gasteiger partial charge in [-0.1, -0.05) is 0 Å². The van der Waals surface area contributed by atoms with Crippen LogP contribution in [0.25, 0.3) is 0 Å². The number of hydrogen-bond acceptors (Lipinski definition) is 3. The highest BCUT2D eigenvalue weighted by Crippen LogP contribution is 2.14. The predicted molar refractivity (Wildman–Crippen MR) is 48.1 cm³/mol. The maximum Gasteiger partial charge on any atom is 0.238 e. The Hall–Kier alpha value is -0.420. The van der Waals surface area contributed by atoms with E-state index in [1.165, 1.54) is 0 Å². The molecule has 1 aliphatic rings. The second-order valence-corrected chi connectivity index (χ2v) is 4.65. The summed E-state index contributed by atoms with van der Waals surface area (Å²) >= 11 is 0. The third-order valence-corrected chi connectivity index (χ3v) is 3.72. The van der Waals surface area contributed by atoms with Crippen molar-refractivity contribution >= 4 is 16.7 Å². The van der Waals surface area contributed by atoms with Crippen molar-refractivity contribution in [3.63, 3.8) is 0 Å². The first-order valence-corrected chi connectivity index (χ1v) is 5.37. The monoisotopic (exact) mass is 190 g/mol. The van der Waals surface area contributed by atoms with Crippen molar-refractivity contribution in [2.45, 2.75) is 11.7 Å². The molecule has 1 heterocycles. The fraction of sp³-hybridized carbons (Fsp3) is 0.857.